The molecular weight excluding hydrogens is 445 g/mol. The number of nitrogens with zero attached hydrogens (tertiary/aromatic N) is 3. The van der Waals surface area contributed by atoms with Crippen LogP contribution in [0.25, 0.3) is 0 Å². The van der Waals surface area contributed by atoms with E-state index in [2.05, 4.69) is 39.3 Å². The molecule has 1 unspecified atom stereocenters. The highest BCUT2D eigenvalue weighted by Crippen LogP contribution is 2.25. The number of hydrogen-bond acceptors (Lipinski definition) is 5. The van der Waals surface area contributed by atoms with E-state index in [4.69, 9.17) is 4.74 Å². The molecule has 0 aromatic rings. The molecule has 8 heteroatoms. The molecule has 0 spiro atoms. The molecular formula is C18H38IN5O2. The van der Waals surface area contributed by atoms with E-state index in [9.17, 15) is 5.11 Å². The van der Waals surface area contributed by atoms with Gasteiger partial charge in [0.1, 0.15) is 0 Å². The smallest absolute Gasteiger partial charge is 0.191 e. The van der Waals surface area contributed by atoms with Gasteiger partial charge >= 0.3 is 0 Å². The van der Waals surface area contributed by atoms with Gasteiger partial charge in [0.15, 0.2) is 5.96 Å². The van der Waals surface area contributed by atoms with Gasteiger partial charge in [-0.2, -0.15) is 0 Å². The number of aliphatic imine (C=N–C) groups is 1. The Morgan fingerprint density at radius 1 is 1.27 bits per heavy atom. The second kappa shape index (κ2) is 12.3. The van der Waals surface area contributed by atoms with Crippen LogP contribution in [0, 0.1) is 0 Å². The van der Waals surface area contributed by atoms with Crippen LogP contribution < -0.4 is 10.6 Å². The summed E-state index contributed by atoms with van der Waals surface area (Å²) in [5.74, 6) is 0.789. The van der Waals surface area contributed by atoms with Gasteiger partial charge in [-0.05, 0) is 33.2 Å². The van der Waals surface area contributed by atoms with Gasteiger partial charge in [-0.1, -0.05) is 6.92 Å². The zero-order valence-electron chi connectivity index (χ0n) is 16.7. The van der Waals surface area contributed by atoms with Gasteiger partial charge in [0.25, 0.3) is 0 Å². The van der Waals surface area contributed by atoms with Gasteiger partial charge in [0.05, 0.1) is 25.4 Å². The number of likely N-dealkylation sites (N-methyl/N-ethyl adjacent to an activating group) is 1. The van der Waals surface area contributed by atoms with Gasteiger partial charge in [-0.15, -0.1) is 24.0 Å². The Labute approximate surface area is 175 Å². The highest BCUT2D eigenvalue weighted by atomic mass is 127. The molecule has 1 atom stereocenters. The molecule has 2 fully saturated rings. The molecule has 0 aromatic carbocycles. The lowest BCUT2D eigenvalue weighted by Crippen LogP contribution is -2.48. The first-order valence-corrected chi connectivity index (χ1v) is 9.83. The Morgan fingerprint density at radius 2 is 1.96 bits per heavy atom. The number of morpholine rings is 1. The van der Waals surface area contributed by atoms with Crippen LogP contribution in [0.2, 0.25) is 0 Å². The molecule has 0 radical (unpaired) electrons. The van der Waals surface area contributed by atoms with Crippen LogP contribution in [0.3, 0.4) is 0 Å². The number of ether oxygens (including phenoxy) is 1. The molecule has 26 heavy (non-hydrogen) atoms. The molecule has 7 nitrogen and oxygen atoms in total. The predicted octanol–water partition coefficient (Wildman–Crippen LogP) is 0.727. The van der Waals surface area contributed by atoms with Gasteiger partial charge in [-0.3, -0.25) is 14.8 Å². The standard InChI is InChI=1S/C18H37N5O2.HI/c1-4-19-17(20-8-9-23(5-2)16-6-7-16)21-14-18(3,24)15-22-10-12-25-13-11-22;/h16,24H,4-15H2,1-3H3,(H2,19,20,21);1H. The minimum absolute atomic E-state index is 0. The third kappa shape index (κ3) is 9.16. The molecule has 1 heterocycles. The monoisotopic (exact) mass is 483 g/mol. The number of aliphatic hydroxyl groups is 1. The summed E-state index contributed by atoms with van der Waals surface area (Å²) < 4.78 is 5.36. The number of hydrogen-bond donors (Lipinski definition) is 3. The molecule has 0 aromatic heterocycles. The van der Waals surface area contributed by atoms with Crippen molar-refractivity contribution < 1.29 is 9.84 Å². The maximum Gasteiger partial charge on any atom is 0.191 e. The molecule has 2 aliphatic rings. The van der Waals surface area contributed by atoms with Crippen LogP contribution in [0.4, 0.5) is 0 Å². The van der Waals surface area contributed by atoms with Crippen LogP contribution in [-0.2, 0) is 4.74 Å². The van der Waals surface area contributed by atoms with Crippen molar-refractivity contribution in [3.8, 4) is 0 Å². The first kappa shape index (κ1) is 23.9. The maximum absolute atomic E-state index is 10.7. The average Bonchev–Trinajstić information content (AvgIpc) is 3.42. The number of guanidine groups is 1. The summed E-state index contributed by atoms with van der Waals surface area (Å²) in [6.45, 7) is 14.3. The van der Waals surface area contributed by atoms with Crippen molar-refractivity contribution in [1.29, 1.82) is 0 Å². The Kier molecular flexibility index (Phi) is 11.3. The van der Waals surface area contributed by atoms with Crippen LogP contribution in [0.1, 0.15) is 33.6 Å². The van der Waals surface area contributed by atoms with E-state index in [1.54, 1.807) is 0 Å². The van der Waals surface area contributed by atoms with Crippen molar-refractivity contribution in [2.24, 2.45) is 4.99 Å². The quantitative estimate of drug-likeness (QED) is 0.242. The summed E-state index contributed by atoms with van der Waals surface area (Å²) in [6.07, 6.45) is 2.68. The molecule has 0 amide bonds. The SMILES string of the molecule is CCNC(=NCC(C)(O)CN1CCOCC1)NCCN(CC)C1CC1.I. The summed E-state index contributed by atoms with van der Waals surface area (Å²) in [5.41, 5.74) is -0.830. The van der Waals surface area contributed by atoms with Gasteiger partial charge in [-0.25, -0.2) is 0 Å². The summed E-state index contributed by atoms with van der Waals surface area (Å²) >= 11 is 0. The lowest BCUT2D eigenvalue weighted by Gasteiger charge is -2.33. The minimum atomic E-state index is -0.830. The van der Waals surface area contributed by atoms with Crippen molar-refractivity contribution >= 4 is 29.9 Å². The van der Waals surface area contributed by atoms with Gasteiger partial charge in [0.2, 0.25) is 0 Å². The minimum Gasteiger partial charge on any atom is -0.387 e. The second-order valence-electron chi connectivity index (χ2n) is 7.37. The molecule has 2 rings (SSSR count). The fourth-order valence-electron chi connectivity index (χ4n) is 3.24. The Morgan fingerprint density at radius 3 is 2.54 bits per heavy atom. The molecule has 1 saturated carbocycles. The summed E-state index contributed by atoms with van der Waals surface area (Å²) in [7, 11) is 0. The van der Waals surface area contributed by atoms with Crippen LogP contribution in [0.5, 0.6) is 0 Å². The third-order valence-electron chi connectivity index (χ3n) is 4.75. The Hall–Kier alpha value is -0.160. The van der Waals surface area contributed by atoms with E-state index < -0.39 is 5.60 Å². The molecule has 1 saturated heterocycles. The van der Waals surface area contributed by atoms with E-state index in [1.807, 2.05) is 6.92 Å². The van der Waals surface area contributed by atoms with E-state index in [1.165, 1.54) is 12.8 Å². The Balaban J connectivity index is 0.00000338. The summed E-state index contributed by atoms with van der Waals surface area (Å²) in [5, 5.41) is 17.3. The van der Waals surface area contributed by atoms with Gasteiger partial charge < -0.3 is 20.5 Å². The Bertz CT molecular complexity index is 412. The summed E-state index contributed by atoms with van der Waals surface area (Å²) in [6, 6.07) is 0.792. The predicted molar refractivity (Wildman–Crippen MR) is 118 cm³/mol. The lowest BCUT2D eigenvalue weighted by molar-refractivity contribution is -0.0179. The van der Waals surface area contributed by atoms with Crippen LogP contribution in [0.15, 0.2) is 4.99 Å². The number of nitrogens with one attached hydrogen (secondary N) is 2. The van der Waals surface area contributed by atoms with E-state index in [0.717, 1.165) is 64.5 Å². The van der Waals surface area contributed by atoms with Crippen LogP contribution in [-0.4, -0.2) is 98.1 Å². The highest BCUT2D eigenvalue weighted by Gasteiger charge is 2.27. The fourth-order valence-corrected chi connectivity index (χ4v) is 3.24. The van der Waals surface area contributed by atoms with E-state index >= 15 is 0 Å². The van der Waals surface area contributed by atoms with Crippen LogP contribution >= 0.6 is 24.0 Å². The van der Waals surface area contributed by atoms with Crippen molar-refractivity contribution in [2.75, 3.05) is 65.6 Å². The largest absolute Gasteiger partial charge is 0.387 e. The first-order valence-electron chi connectivity index (χ1n) is 9.83. The van der Waals surface area contributed by atoms with E-state index in [-0.39, 0.29) is 24.0 Å². The summed E-state index contributed by atoms with van der Waals surface area (Å²) in [4.78, 5) is 9.36. The molecule has 154 valence electrons. The highest BCUT2D eigenvalue weighted by molar-refractivity contribution is 14.0. The number of β-amino-alcohol motifs (C(OH)–C–C–N with tert-alkyl or cyclic N) is 1. The molecule has 3 N–H and O–H groups in total. The number of halogens is 1. The normalized spacial score (nSPS) is 21.2. The molecule has 1 aliphatic carbocycles. The lowest BCUT2D eigenvalue weighted by atomic mass is 10.1. The second-order valence-corrected chi connectivity index (χ2v) is 7.37. The zero-order chi connectivity index (χ0) is 18.1. The van der Waals surface area contributed by atoms with Crippen molar-refractivity contribution in [3.63, 3.8) is 0 Å². The van der Waals surface area contributed by atoms with E-state index in [0.29, 0.717) is 13.1 Å². The third-order valence-corrected chi connectivity index (χ3v) is 4.75. The average molecular weight is 483 g/mol. The molecule has 0 bridgehead atoms. The van der Waals surface area contributed by atoms with Gasteiger partial charge in [0, 0.05) is 45.3 Å². The van der Waals surface area contributed by atoms with Crippen molar-refractivity contribution in [3.05, 3.63) is 0 Å². The first-order chi connectivity index (χ1) is 12.0. The zero-order valence-corrected chi connectivity index (χ0v) is 19.0. The van der Waals surface area contributed by atoms with Crippen molar-refractivity contribution in [1.82, 2.24) is 20.4 Å². The van der Waals surface area contributed by atoms with Crippen molar-refractivity contribution in [2.45, 2.75) is 45.3 Å². The fraction of sp³-hybridized carbons (Fsp3) is 0.944. The topological polar surface area (TPSA) is 72.4 Å². The molecule has 1 aliphatic heterocycles. The maximum atomic E-state index is 10.7. The number of rotatable bonds is 10.